The van der Waals surface area contributed by atoms with Gasteiger partial charge in [-0.05, 0) is 38.4 Å². The summed E-state index contributed by atoms with van der Waals surface area (Å²) in [5, 5.41) is 3.34. The Kier molecular flexibility index (Phi) is 4.76. The van der Waals surface area contributed by atoms with E-state index in [1.807, 2.05) is 31.2 Å². The minimum atomic E-state index is -0.0471. The first-order chi connectivity index (χ1) is 8.83. The predicted molar refractivity (Wildman–Crippen MR) is 72.2 cm³/mol. The van der Waals surface area contributed by atoms with Crippen molar-refractivity contribution in [3.8, 4) is 5.75 Å². The van der Waals surface area contributed by atoms with Gasteiger partial charge in [-0.15, -0.1) is 0 Å². The molecule has 1 aromatic rings. The number of rotatable bonds is 4. The number of ketones is 1. The molecule has 3 heteroatoms. The van der Waals surface area contributed by atoms with E-state index in [0.29, 0.717) is 17.9 Å². The van der Waals surface area contributed by atoms with Crippen LogP contribution in [0.3, 0.4) is 0 Å². The third kappa shape index (κ3) is 3.10. The molecule has 1 atom stereocenters. The zero-order valence-electron chi connectivity index (χ0n) is 10.9. The van der Waals surface area contributed by atoms with Crippen LogP contribution in [0.15, 0.2) is 24.3 Å². The SMILES string of the molecule is CCOc1ccccc1C(=O)C1CCCCCN1. The number of para-hydroxylation sites is 1. The molecule has 1 saturated heterocycles. The topological polar surface area (TPSA) is 38.3 Å². The molecule has 1 N–H and O–H groups in total. The van der Waals surface area contributed by atoms with Crippen LogP contribution in [0.4, 0.5) is 0 Å². The molecule has 1 fully saturated rings. The number of benzene rings is 1. The van der Waals surface area contributed by atoms with E-state index in [-0.39, 0.29) is 11.8 Å². The molecule has 0 radical (unpaired) electrons. The zero-order valence-corrected chi connectivity index (χ0v) is 10.9. The standard InChI is InChI=1S/C15H21NO2/c1-2-18-14-10-6-5-8-12(14)15(17)13-9-4-3-7-11-16-13/h5-6,8,10,13,16H,2-4,7,9,11H2,1H3. The number of nitrogens with one attached hydrogen (secondary N) is 1. The molecule has 18 heavy (non-hydrogen) atoms. The largest absolute Gasteiger partial charge is 0.493 e. The van der Waals surface area contributed by atoms with Crippen molar-refractivity contribution in [3.05, 3.63) is 29.8 Å². The molecule has 2 rings (SSSR count). The van der Waals surface area contributed by atoms with E-state index in [9.17, 15) is 4.79 Å². The van der Waals surface area contributed by atoms with Crippen LogP contribution in [0.5, 0.6) is 5.75 Å². The molecular weight excluding hydrogens is 226 g/mol. The molecule has 0 bridgehead atoms. The quantitative estimate of drug-likeness (QED) is 0.831. The van der Waals surface area contributed by atoms with E-state index in [1.54, 1.807) is 0 Å². The molecule has 1 aliphatic rings. The van der Waals surface area contributed by atoms with Crippen LogP contribution in [0.2, 0.25) is 0 Å². The lowest BCUT2D eigenvalue weighted by Crippen LogP contribution is -2.36. The Morgan fingerprint density at radius 3 is 3.00 bits per heavy atom. The van der Waals surface area contributed by atoms with Crippen molar-refractivity contribution in [1.29, 1.82) is 0 Å². The predicted octanol–water partition coefficient (Wildman–Crippen LogP) is 2.80. The van der Waals surface area contributed by atoms with Crippen LogP contribution in [-0.2, 0) is 0 Å². The summed E-state index contributed by atoms with van der Waals surface area (Å²) in [5.41, 5.74) is 0.707. The maximum absolute atomic E-state index is 12.5. The fourth-order valence-electron chi connectivity index (χ4n) is 2.39. The maximum atomic E-state index is 12.5. The van der Waals surface area contributed by atoms with Crippen molar-refractivity contribution in [2.45, 2.75) is 38.6 Å². The van der Waals surface area contributed by atoms with E-state index in [2.05, 4.69) is 5.32 Å². The Morgan fingerprint density at radius 2 is 2.17 bits per heavy atom. The lowest BCUT2D eigenvalue weighted by molar-refractivity contribution is 0.0937. The van der Waals surface area contributed by atoms with Crippen LogP contribution in [0.1, 0.15) is 43.0 Å². The van der Waals surface area contributed by atoms with Crippen molar-refractivity contribution in [3.63, 3.8) is 0 Å². The molecule has 1 aromatic carbocycles. The molecule has 0 saturated carbocycles. The lowest BCUT2D eigenvalue weighted by atomic mass is 9.99. The maximum Gasteiger partial charge on any atom is 0.183 e. The van der Waals surface area contributed by atoms with Gasteiger partial charge in [0.2, 0.25) is 0 Å². The Hall–Kier alpha value is -1.35. The number of Topliss-reactive ketones (excluding diaryl/α,β-unsaturated/α-hetero) is 1. The Labute approximate surface area is 109 Å². The van der Waals surface area contributed by atoms with Gasteiger partial charge in [0.15, 0.2) is 5.78 Å². The van der Waals surface area contributed by atoms with Crippen LogP contribution >= 0.6 is 0 Å². The fraction of sp³-hybridized carbons (Fsp3) is 0.533. The summed E-state index contributed by atoms with van der Waals surface area (Å²) < 4.78 is 5.53. The van der Waals surface area contributed by atoms with Crippen molar-refractivity contribution >= 4 is 5.78 Å². The van der Waals surface area contributed by atoms with Crippen LogP contribution in [-0.4, -0.2) is 25.0 Å². The highest BCUT2D eigenvalue weighted by Crippen LogP contribution is 2.22. The van der Waals surface area contributed by atoms with Gasteiger partial charge in [-0.3, -0.25) is 4.79 Å². The van der Waals surface area contributed by atoms with E-state index in [0.717, 1.165) is 25.8 Å². The minimum Gasteiger partial charge on any atom is -0.493 e. The zero-order chi connectivity index (χ0) is 12.8. The van der Waals surface area contributed by atoms with Crippen LogP contribution < -0.4 is 10.1 Å². The summed E-state index contributed by atoms with van der Waals surface area (Å²) in [6.07, 6.45) is 4.43. The van der Waals surface area contributed by atoms with E-state index in [4.69, 9.17) is 4.74 Å². The molecule has 3 nitrogen and oxygen atoms in total. The number of hydrogen-bond donors (Lipinski definition) is 1. The van der Waals surface area contributed by atoms with Gasteiger partial charge >= 0.3 is 0 Å². The first-order valence-electron chi connectivity index (χ1n) is 6.82. The fourth-order valence-corrected chi connectivity index (χ4v) is 2.39. The second kappa shape index (κ2) is 6.55. The molecule has 1 unspecified atom stereocenters. The second-order valence-corrected chi connectivity index (χ2v) is 4.65. The molecular formula is C15H21NO2. The normalized spacial score (nSPS) is 20.2. The average molecular weight is 247 g/mol. The van der Waals surface area contributed by atoms with Gasteiger partial charge in [0.05, 0.1) is 18.2 Å². The first kappa shape index (κ1) is 13.1. The molecule has 0 aliphatic carbocycles. The molecule has 1 heterocycles. The average Bonchev–Trinajstić information content (AvgIpc) is 2.68. The highest BCUT2D eigenvalue weighted by atomic mass is 16.5. The summed E-state index contributed by atoms with van der Waals surface area (Å²) in [7, 11) is 0. The molecule has 0 aromatic heterocycles. The molecule has 98 valence electrons. The third-order valence-electron chi connectivity index (χ3n) is 3.33. The number of carbonyl (C=O) groups excluding carboxylic acids is 1. The highest BCUT2D eigenvalue weighted by molar-refractivity contribution is 6.02. The van der Waals surface area contributed by atoms with Gasteiger partial charge in [-0.2, -0.15) is 0 Å². The lowest BCUT2D eigenvalue weighted by Gasteiger charge is -2.16. The summed E-state index contributed by atoms with van der Waals surface area (Å²) >= 11 is 0. The van der Waals surface area contributed by atoms with Crippen LogP contribution in [0.25, 0.3) is 0 Å². The van der Waals surface area contributed by atoms with Crippen LogP contribution in [0, 0.1) is 0 Å². The molecule has 0 spiro atoms. The van der Waals surface area contributed by atoms with E-state index in [1.165, 1.54) is 6.42 Å². The Balaban J connectivity index is 2.16. The van der Waals surface area contributed by atoms with Gasteiger partial charge in [-0.25, -0.2) is 0 Å². The van der Waals surface area contributed by atoms with Gasteiger partial charge in [0.1, 0.15) is 5.75 Å². The summed E-state index contributed by atoms with van der Waals surface area (Å²) in [6.45, 7) is 3.46. The third-order valence-corrected chi connectivity index (χ3v) is 3.33. The van der Waals surface area contributed by atoms with Gasteiger partial charge in [-0.1, -0.05) is 25.0 Å². The van der Waals surface area contributed by atoms with Crippen molar-refractivity contribution in [2.75, 3.05) is 13.2 Å². The van der Waals surface area contributed by atoms with Gasteiger partial charge in [0, 0.05) is 0 Å². The Bertz CT molecular complexity index is 395. The van der Waals surface area contributed by atoms with Crippen molar-refractivity contribution < 1.29 is 9.53 Å². The summed E-state index contributed by atoms with van der Waals surface area (Å²) in [6, 6.07) is 7.48. The summed E-state index contributed by atoms with van der Waals surface area (Å²) in [4.78, 5) is 12.5. The van der Waals surface area contributed by atoms with E-state index < -0.39 is 0 Å². The second-order valence-electron chi connectivity index (χ2n) is 4.65. The number of hydrogen-bond acceptors (Lipinski definition) is 3. The Morgan fingerprint density at radius 1 is 1.33 bits per heavy atom. The van der Waals surface area contributed by atoms with Gasteiger partial charge < -0.3 is 10.1 Å². The monoisotopic (exact) mass is 247 g/mol. The van der Waals surface area contributed by atoms with Gasteiger partial charge in [0.25, 0.3) is 0 Å². The molecule has 1 aliphatic heterocycles. The van der Waals surface area contributed by atoms with Crippen molar-refractivity contribution in [2.24, 2.45) is 0 Å². The number of carbonyl (C=O) groups is 1. The summed E-state index contributed by atoms with van der Waals surface area (Å²) in [5.74, 6) is 0.872. The first-order valence-corrected chi connectivity index (χ1v) is 6.82. The van der Waals surface area contributed by atoms with Crippen molar-refractivity contribution in [1.82, 2.24) is 5.32 Å². The van der Waals surface area contributed by atoms with E-state index >= 15 is 0 Å². The number of ether oxygens (including phenoxy) is 1. The molecule has 0 amide bonds. The smallest absolute Gasteiger partial charge is 0.183 e. The highest BCUT2D eigenvalue weighted by Gasteiger charge is 2.23. The minimum absolute atomic E-state index is 0.0471.